The molecule has 1 aliphatic rings. The molecule has 0 aromatic carbocycles. The molecule has 0 saturated heterocycles. The van der Waals surface area contributed by atoms with Gasteiger partial charge < -0.3 is 10.6 Å². The maximum absolute atomic E-state index is 12.1. The van der Waals surface area contributed by atoms with Crippen molar-refractivity contribution in [1.29, 1.82) is 0 Å². The zero-order valence-electron chi connectivity index (χ0n) is 13.8. The average Bonchev–Trinajstić information content (AvgIpc) is 2.75. The highest BCUT2D eigenvalue weighted by atomic mass is 16.1. The SMILES string of the molecule is CCCCNC(=O)c1cc(C)nc(NC2CCCCCC2)n1. The molecule has 1 aromatic heterocycles. The number of amides is 1. The van der Waals surface area contributed by atoms with E-state index in [9.17, 15) is 4.79 Å². The number of rotatable bonds is 6. The quantitative estimate of drug-likeness (QED) is 0.624. The van der Waals surface area contributed by atoms with Crippen LogP contribution in [0.5, 0.6) is 0 Å². The minimum absolute atomic E-state index is 0.108. The topological polar surface area (TPSA) is 66.9 Å². The molecule has 2 rings (SSSR count). The van der Waals surface area contributed by atoms with E-state index in [4.69, 9.17) is 0 Å². The summed E-state index contributed by atoms with van der Waals surface area (Å²) >= 11 is 0. The number of nitrogens with zero attached hydrogens (tertiary/aromatic N) is 2. The summed E-state index contributed by atoms with van der Waals surface area (Å²) in [5.74, 6) is 0.482. The van der Waals surface area contributed by atoms with E-state index in [1.54, 1.807) is 6.07 Å². The van der Waals surface area contributed by atoms with Crippen molar-refractivity contribution in [3.05, 3.63) is 17.5 Å². The fraction of sp³-hybridized carbons (Fsp3) is 0.706. The van der Waals surface area contributed by atoms with Crippen molar-refractivity contribution in [2.24, 2.45) is 0 Å². The Morgan fingerprint density at radius 1 is 1.23 bits per heavy atom. The number of aromatic nitrogens is 2. The molecule has 0 spiro atoms. The van der Waals surface area contributed by atoms with Gasteiger partial charge in [0.15, 0.2) is 0 Å². The number of nitrogens with one attached hydrogen (secondary N) is 2. The molecule has 5 nitrogen and oxygen atoms in total. The smallest absolute Gasteiger partial charge is 0.270 e. The van der Waals surface area contributed by atoms with Gasteiger partial charge in [-0.3, -0.25) is 4.79 Å². The van der Waals surface area contributed by atoms with Crippen LogP contribution in [0.15, 0.2) is 6.07 Å². The van der Waals surface area contributed by atoms with Gasteiger partial charge in [-0.1, -0.05) is 39.0 Å². The minimum atomic E-state index is -0.108. The maximum Gasteiger partial charge on any atom is 0.270 e. The normalized spacial score (nSPS) is 16.1. The number of anilines is 1. The molecular weight excluding hydrogens is 276 g/mol. The molecule has 1 saturated carbocycles. The number of carbonyl (C=O) groups excluding carboxylic acids is 1. The molecule has 122 valence electrons. The molecule has 22 heavy (non-hydrogen) atoms. The van der Waals surface area contributed by atoms with Gasteiger partial charge in [-0.15, -0.1) is 0 Å². The second-order valence-corrected chi connectivity index (χ2v) is 6.16. The third-order valence-electron chi connectivity index (χ3n) is 4.09. The Labute approximate surface area is 133 Å². The molecule has 1 aliphatic carbocycles. The van der Waals surface area contributed by atoms with E-state index in [0.29, 0.717) is 24.2 Å². The largest absolute Gasteiger partial charge is 0.351 e. The summed E-state index contributed by atoms with van der Waals surface area (Å²) in [7, 11) is 0. The number of unbranched alkanes of at least 4 members (excludes halogenated alkanes) is 1. The lowest BCUT2D eigenvalue weighted by atomic mass is 10.1. The molecular formula is C17H28N4O. The van der Waals surface area contributed by atoms with Crippen LogP contribution < -0.4 is 10.6 Å². The van der Waals surface area contributed by atoms with Crippen molar-refractivity contribution >= 4 is 11.9 Å². The number of aryl methyl sites for hydroxylation is 1. The summed E-state index contributed by atoms with van der Waals surface area (Å²) in [4.78, 5) is 21.0. The van der Waals surface area contributed by atoms with E-state index < -0.39 is 0 Å². The Bertz CT molecular complexity index is 482. The molecule has 1 aromatic rings. The third-order valence-corrected chi connectivity index (χ3v) is 4.09. The van der Waals surface area contributed by atoms with Gasteiger partial charge in [0.2, 0.25) is 5.95 Å². The van der Waals surface area contributed by atoms with Gasteiger partial charge in [0, 0.05) is 18.3 Å². The molecule has 2 N–H and O–H groups in total. The van der Waals surface area contributed by atoms with Crippen LogP contribution in [0, 0.1) is 6.92 Å². The highest BCUT2D eigenvalue weighted by molar-refractivity contribution is 5.92. The Hall–Kier alpha value is -1.65. The van der Waals surface area contributed by atoms with E-state index in [2.05, 4.69) is 27.5 Å². The number of hydrogen-bond acceptors (Lipinski definition) is 4. The standard InChI is InChI=1S/C17H28N4O/c1-3-4-11-18-16(22)15-12-13(2)19-17(21-15)20-14-9-7-5-6-8-10-14/h12,14H,3-11H2,1-2H3,(H,18,22)(H,19,20,21). The average molecular weight is 304 g/mol. The van der Waals surface area contributed by atoms with Crippen molar-refractivity contribution < 1.29 is 4.79 Å². The van der Waals surface area contributed by atoms with Crippen molar-refractivity contribution in [3.63, 3.8) is 0 Å². The summed E-state index contributed by atoms with van der Waals surface area (Å²) in [6.07, 6.45) is 9.53. The van der Waals surface area contributed by atoms with Crippen LogP contribution in [0.4, 0.5) is 5.95 Å². The lowest BCUT2D eigenvalue weighted by Gasteiger charge is -2.16. The van der Waals surface area contributed by atoms with Crippen LogP contribution >= 0.6 is 0 Å². The Morgan fingerprint density at radius 2 is 1.95 bits per heavy atom. The Kier molecular flexibility index (Phi) is 6.62. The van der Waals surface area contributed by atoms with Gasteiger partial charge in [0.1, 0.15) is 5.69 Å². The van der Waals surface area contributed by atoms with Gasteiger partial charge in [0.25, 0.3) is 5.91 Å². The van der Waals surface area contributed by atoms with Crippen molar-refractivity contribution in [2.75, 3.05) is 11.9 Å². The van der Waals surface area contributed by atoms with E-state index in [0.717, 1.165) is 31.4 Å². The molecule has 1 amide bonds. The van der Waals surface area contributed by atoms with Gasteiger partial charge >= 0.3 is 0 Å². The van der Waals surface area contributed by atoms with E-state index >= 15 is 0 Å². The number of hydrogen-bond donors (Lipinski definition) is 2. The molecule has 0 radical (unpaired) electrons. The maximum atomic E-state index is 12.1. The van der Waals surface area contributed by atoms with Crippen molar-refractivity contribution in [2.45, 2.75) is 71.3 Å². The fourth-order valence-electron chi connectivity index (χ4n) is 2.82. The predicted molar refractivity (Wildman–Crippen MR) is 89.1 cm³/mol. The molecule has 5 heteroatoms. The van der Waals surface area contributed by atoms with E-state index in [-0.39, 0.29) is 5.91 Å². The van der Waals surface area contributed by atoms with Gasteiger partial charge in [-0.05, 0) is 32.3 Å². The van der Waals surface area contributed by atoms with Crippen LogP contribution in [0.25, 0.3) is 0 Å². The predicted octanol–water partition coefficient (Wildman–Crippen LogP) is 3.45. The van der Waals surface area contributed by atoms with Gasteiger partial charge in [-0.2, -0.15) is 0 Å². The zero-order chi connectivity index (χ0) is 15.8. The fourth-order valence-corrected chi connectivity index (χ4v) is 2.82. The van der Waals surface area contributed by atoms with Crippen molar-refractivity contribution in [1.82, 2.24) is 15.3 Å². The van der Waals surface area contributed by atoms with Gasteiger partial charge in [-0.25, -0.2) is 9.97 Å². The summed E-state index contributed by atoms with van der Waals surface area (Å²) in [5, 5.41) is 6.33. The minimum Gasteiger partial charge on any atom is -0.351 e. The molecule has 1 heterocycles. The van der Waals surface area contributed by atoms with Crippen LogP contribution in [0.2, 0.25) is 0 Å². The first kappa shape index (κ1) is 16.7. The van der Waals surface area contributed by atoms with Crippen LogP contribution in [-0.2, 0) is 0 Å². The first-order valence-corrected chi connectivity index (χ1v) is 8.59. The lowest BCUT2D eigenvalue weighted by Crippen LogP contribution is -2.27. The highest BCUT2D eigenvalue weighted by Crippen LogP contribution is 2.20. The molecule has 0 aliphatic heterocycles. The molecule has 0 unspecified atom stereocenters. The summed E-state index contributed by atoms with van der Waals surface area (Å²) in [5.41, 5.74) is 1.28. The summed E-state index contributed by atoms with van der Waals surface area (Å²) in [6, 6.07) is 2.18. The zero-order valence-corrected chi connectivity index (χ0v) is 13.8. The summed E-state index contributed by atoms with van der Waals surface area (Å²) < 4.78 is 0. The van der Waals surface area contributed by atoms with Crippen LogP contribution in [0.1, 0.15) is 74.5 Å². The Balaban J connectivity index is 2.00. The second-order valence-electron chi connectivity index (χ2n) is 6.16. The third kappa shape index (κ3) is 5.28. The molecule has 0 bridgehead atoms. The molecule has 0 atom stereocenters. The Morgan fingerprint density at radius 3 is 2.64 bits per heavy atom. The first-order chi connectivity index (χ1) is 10.7. The lowest BCUT2D eigenvalue weighted by molar-refractivity contribution is 0.0948. The number of carbonyl (C=O) groups is 1. The summed E-state index contributed by atoms with van der Waals surface area (Å²) in [6.45, 7) is 4.71. The van der Waals surface area contributed by atoms with Crippen LogP contribution in [-0.4, -0.2) is 28.5 Å². The monoisotopic (exact) mass is 304 g/mol. The van der Waals surface area contributed by atoms with Crippen LogP contribution in [0.3, 0.4) is 0 Å². The van der Waals surface area contributed by atoms with E-state index in [1.807, 2.05) is 6.92 Å². The van der Waals surface area contributed by atoms with E-state index in [1.165, 1.54) is 25.7 Å². The second kappa shape index (κ2) is 8.71. The van der Waals surface area contributed by atoms with Crippen molar-refractivity contribution in [3.8, 4) is 0 Å². The van der Waals surface area contributed by atoms with Gasteiger partial charge in [0.05, 0.1) is 0 Å². The molecule has 1 fully saturated rings. The first-order valence-electron chi connectivity index (χ1n) is 8.59. The highest BCUT2D eigenvalue weighted by Gasteiger charge is 2.15.